The molecular formula is C22H39N5O2. The summed E-state index contributed by atoms with van der Waals surface area (Å²) in [6.07, 6.45) is 2.12. The van der Waals surface area contributed by atoms with Crippen molar-refractivity contribution < 1.29 is 9.47 Å². The molecule has 0 aromatic heterocycles. The van der Waals surface area contributed by atoms with Gasteiger partial charge in [0.05, 0.1) is 20.8 Å². The number of anilines is 1. The maximum Gasteiger partial charge on any atom is 0.191 e. The van der Waals surface area contributed by atoms with Crippen LogP contribution in [0.3, 0.4) is 0 Å². The van der Waals surface area contributed by atoms with Crippen molar-refractivity contribution in [2.75, 3.05) is 51.8 Å². The zero-order valence-corrected chi connectivity index (χ0v) is 19.0. The van der Waals surface area contributed by atoms with Crippen LogP contribution in [-0.2, 0) is 0 Å². The third kappa shape index (κ3) is 8.01. The average molecular weight is 406 g/mol. The number of aliphatic imine (C=N–C) groups is 1. The summed E-state index contributed by atoms with van der Waals surface area (Å²) in [5.41, 5.74) is 1.27. The number of nitrogens with one attached hydrogen (secondary N) is 3. The minimum atomic E-state index is 0.122. The Labute approximate surface area is 176 Å². The van der Waals surface area contributed by atoms with E-state index in [4.69, 9.17) is 14.5 Å². The first-order valence-electron chi connectivity index (χ1n) is 10.6. The van der Waals surface area contributed by atoms with Crippen LogP contribution in [0.25, 0.3) is 0 Å². The molecule has 0 atom stereocenters. The van der Waals surface area contributed by atoms with Crippen LogP contribution in [0.1, 0.15) is 40.5 Å². The summed E-state index contributed by atoms with van der Waals surface area (Å²) in [6.45, 7) is 13.1. The largest absolute Gasteiger partial charge is 0.497 e. The Morgan fingerprint density at radius 3 is 2.24 bits per heavy atom. The third-order valence-electron chi connectivity index (χ3n) is 4.92. The Bertz CT molecular complexity index is 627. The van der Waals surface area contributed by atoms with Crippen molar-refractivity contribution in [1.29, 1.82) is 0 Å². The lowest BCUT2D eigenvalue weighted by Gasteiger charge is -2.34. The van der Waals surface area contributed by atoms with Crippen LogP contribution in [0.5, 0.6) is 11.5 Å². The smallest absolute Gasteiger partial charge is 0.191 e. The Morgan fingerprint density at radius 1 is 1.10 bits per heavy atom. The predicted octanol–water partition coefficient (Wildman–Crippen LogP) is 2.62. The zero-order valence-electron chi connectivity index (χ0n) is 19.0. The van der Waals surface area contributed by atoms with Crippen LogP contribution in [-0.4, -0.2) is 64.5 Å². The molecule has 0 saturated carbocycles. The highest BCUT2D eigenvalue weighted by atomic mass is 16.5. The molecule has 3 N–H and O–H groups in total. The first-order chi connectivity index (χ1) is 13.8. The van der Waals surface area contributed by atoms with Gasteiger partial charge in [-0.1, -0.05) is 0 Å². The number of nitrogens with zero attached hydrogens (tertiary/aromatic N) is 2. The minimum absolute atomic E-state index is 0.122. The summed E-state index contributed by atoms with van der Waals surface area (Å²) in [4.78, 5) is 7.11. The minimum Gasteiger partial charge on any atom is -0.497 e. The molecule has 164 valence electrons. The molecule has 29 heavy (non-hydrogen) atoms. The fourth-order valence-corrected chi connectivity index (χ4v) is 3.37. The van der Waals surface area contributed by atoms with Gasteiger partial charge < -0.3 is 30.3 Å². The molecule has 2 rings (SSSR count). The molecule has 1 heterocycles. The molecule has 0 amide bonds. The van der Waals surface area contributed by atoms with Crippen molar-refractivity contribution >= 4 is 11.6 Å². The van der Waals surface area contributed by atoms with Crippen LogP contribution in [0.2, 0.25) is 0 Å². The van der Waals surface area contributed by atoms with Crippen LogP contribution in [0.15, 0.2) is 23.2 Å². The third-order valence-corrected chi connectivity index (χ3v) is 4.92. The van der Waals surface area contributed by atoms with E-state index >= 15 is 0 Å². The van der Waals surface area contributed by atoms with Gasteiger partial charge in [-0.05, 0) is 40.5 Å². The molecule has 7 nitrogen and oxygen atoms in total. The van der Waals surface area contributed by atoms with Gasteiger partial charge in [-0.2, -0.15) is 0 Å². The van der Waals surface area contributed by atoms with E-state index < -0.39 is 0 Å². The first-order valence-corrected chi connectivity index (χ1v) is 10.6. The standard InChI is InChI=1S/C22H39N5O2/c1-7-23-21(24-10-11-25-22(2,3)4)26-17-8-12-27(13-9-17)18-14-19(28-5)16-20(15-18)29-6/h14-17,25H,7-13H2,1-6H3,(H2,23,24,26). The maximum atomic E-state index is 5.41. The van der Waals surface area contributed by atoms with Crippen LogP contribution in [0, 0.1) is 0 Å². The molecule has 1 aromatic carbocycles. The highest BCUT2D eigenvalue weighted by molar-refractivity contribution is 5.80. The van der Waals surface area contributed by atoms with Crippen molar-refractivity contribution in [3.05, 3.63) is 18.2 Å². The van der Waals surface area contributed by atoms with Gasteiger partial charge in [-0.15, -0.1) is 0 Å². The Kier molecular flexibility index (Phi) is 8.89. The van der Waals surface area contributed by atoms with Gasteiger partial charge in [0.15, 0.2) is 5.96 Å². The van der Waals surface area contributed by atoms with Gasteiger partial charge in [-0.25, -0.2) is 0 Å². The lowest BCUT2D eigenvalue weighted by molar-refractivity contribution is 0.393. The van der Waals surface area contributed by atoms with Crippen LogP contribution < -0.4 is 30.3 Å². The van der Waals surface area contributed by atoms with Crippen LogP contribution >= 0.6 is 0 Å². The van der Waals surface area contributed by atoms with Crippen molar-refractivity contribution in [3.8, 4) is 11.5 Å². The summed E-state index contributed by atoms with van der Waals surface area (Å²) >= 11 is 0. The van der Waals surface area contributed by atoms with E-state index in [1.54, 1.807) is 14.2 Å². The second kappa shape index (κ2) is 11.1. The number of benzene rings is 1. The van der Waals surface area contributed by atoms with Crippen molar-refractivity contribution in [3.63, 3.8) is 0 Å². The van der Waals surface area contributed by atoms with Gasteiger partial charge >= 0.3 is 0 Å². The lowest BCUT2D eigenvalue weighted by Crippen LogP contribution is -2.49. The second-order valence-electron chi connectivity index (χ2n) is 8.41. The van der Waals surface area contributed by atoms with E-state index in [9.17, 15) is 0 Å². The van der Waals surface area contributed by atoms with E-state index in [0.717, 1.165) is 68.7 Å². The van der Waals surface area contributed by atoms with E-state index in [1.807, 2.05) is 6.07 Å². The number of guanidine groups is 1. The van der Waals surface area contributed by atoms with E-state index in [2.05, 4.69) is 60.7 Å². The van der Waals surface area contributed by atoms with Crippen LogP contribution in [0.4, 0.5) is 5.69 Å². The van der Waals surface area contributed by atoms with Gasteiger partial charge in [-0.3, -0.25) is 4.99 Å². The number of hydrogen-bond donors (Lipinski definition) is 3. The summed E-state index contributed by atoms with van der Waals surface area (Å²) in [6, 6.07) is 6.48. The fourth-order valence-electron chi connectivity index (χ4n) is 3.37. The number of methoxy groups -OCH3 is 2. The Hall–Kier alpha value is -2.15. The van der Waals surface area contributed by atoms with Gasteiger partial charge in [0.25, 0.3) is 0 Å². The first kappa shape index (κ1) is 23.1. The highest BCUT2D eigenvalue weighted by Crippen LogP contribution is 2.30. The monoisotopic (exact) mass is 405 g/mol. The van der Waals surface area contributed by atoms with Gasteiger partial charge in [0.2, 0.25) is 0 Å². The molecule has 1 saturated heterocycles. The molecule has 1 fully saturated rings. The molecule has 0 spiro atoms. The Balaban J connectivity index is 1.88. The molecule has 0 aliphatic carbocycles. The topological polar surface area (TPSA) is 70.2 Å². The van der Waals surface area contributed by atoms with Crippen molar-refractivity contribution in [2.24, 2.45) is 4.99 Å². The summed E-state index contributed by atoms with van der Waals surface area (Å²) in [7, 11) is 3.38. The predicted molar refractivity (Wildman–Crippen MR) is 122 cm³/mol. The number of rotatable bonds is 8. The molecule has 7 heteroatoms. The maximum absolute atomic E-state index is 5.41. The lowest BCUT2D eigenvalue weighted by atomic mass is 10.0. The molecule has 0 radical (unpaired) electrons. The summed E-state index contributed by atoms with van der Waals surface area (Å²) in [5, 5.41) is 10.4. The quantitative estimate of drug-likeness (QED) is 0.351. The molecular weight excluding hydrogens is 366 g/mol. The SMILES string of the molecule is CCNC(=NCCNC(C)(C)C)NC1CCN(c2cc(OC)cc(OC)c2)CC1. The molecule has 1 aliphatic heterocycles. The van der Waals surface area contributed by atoms with Crippen molar-refractivity contribution in [1.82, 2.24) is 16.0 Å². The molecule has 0 unspecified atom stereocenters. The number of piperidine rings is 1. The zero-order chi connectivity index (χ0) is 21.3. The average Bonchev–Trinajstić information content (AvgIpc) is 2.70. The summed E-state index contributed by atoms with van der Waals surface area (Å²) in [5.74, 6) is 2.56. The van der Waals surface area contributed by atoms with E-state index in [0.29, 0.717) is 6.04 Å². The number of hydrogen-bond acceptors (Lipinski definition) is 5. The molecule has 1 aliphatic rings. The van der Waals surface area contributed by atoms with Gasteiger partial charge in [0, 0.05) is 61.6 Å². The van der Waals surface area contributed by atoms with Gasteiger partial charge in [0.1, 0.15) is 11.5 Å². The Morgan fingerprint density at radius 2 is 1.72 bits per heavy atom. The van der Waals surface area contributed by atoms with Crippen molar-refractivity contribution in [2.45, 2.75) is 52.1 Å². The molecule has 0 bridgehead atoms. The summed E-state index contributed by atoms with van der Waals surface area (Å²) < 4.78 is 10.8. The normalized spacial score (nSPS) is 15.9. The van der Waals surface area contributed by atoms with E-state index in [-0.39, 0.29) is 5.54 Å². The fraction of sp³-hybridized carbons (Fsp3) is 0.682. The second-order valence-corrected chi connectivity index (χ2v) is 8.41. The highest BCUT2D eigenvalue weighted by Gasteiger charge is 2.21. The number of ether oxygens (including phenoxy) is 2. The van der Waals surface area contributed by atoms with E-state index in [1.165, 1.54) is 0 Å². The molecule has 1 aromatic rings.